The molecule has 0 radical (unpaired) electrons. The van der Waals surface area contributed by atoms with Crippen molar-refractivity contribution in [3.8, 4) is 22.3 Å². The molecule has 1 N–H and O–H groups in total. The van der Waals surface area contributed by atoms with E-state index in [0.717, 1.165) is 11.6 Å². The third-order valence-corrected chi connectivity index (χ3v) is 4.88. The maximum Gasteiger partial charge on any atom is 0.192 e. The van der Waals surface area contributed by atoms with Gasteiger partial charge in [-0.25, -0.2) is 23.1 Å². The van der Waals surface area contributed by atoms with Crippen molar-refractivity contribution in [2.24, 2.45) is 0 Å². The van der Waals surface area contributed by atoms with Crippen LogP contribution in [0.25, 0.3) is 27.8 Å². The number of aromatic nitrogens is 2. The van der Waals surface area contributed by atoms with Crippen molar-refractivity contribution >= 4 is 5.57 Å². The van der Waals surface area contributed by atoms with E-state index in [0.29, 0.717) is 28.1 Å². The van der Waals surface area contributed by atoms with Crippen molar-refractivity contribution in [2.75, 3.05) is 0 Å². The summed E-state index contributed by atoms with van der Waals surface area (Å²) < 4.78 is 42.5. The van der Waals surface area contributed by atoms with Crippen molar-refractivity contribution in [3.05, 3.63) is 90.0 Å². The van der Waals surface area contributed by atoms with Gasteiger partial charge in [-0.1, -0.05) is 42.5 Å². The van der Waals surface area contributed by atoms with E-state index in [1.165, 1.54) is 12.1 Å². The normalized spacial score (nSPS) is 18.9. The third kappa shape index (κ3) is 3.66. The van der Waals surface area contributed by atoms with Crippen LogP contribution in [0.1, 0.15) is 11.4 Å². The lowest BCUT2D eigenvalue weighted by Gasteiger charge is -2.20. The quantitative estimate of drug-likeness (QED) is 0.613. The second kappa shape index (κ2) is 7.54. The van der Waals surface area contributed by atoms with E-state index in [-0.39, 0.29) is 5.57 Å². The van der Waals surface area contributed by atoms with Crippen LogP contribution in [0.5, 0.6) is 0 Å². The monoisotopic (exact) mass is 394 g/mol. The molecule has 0 aliphatic heterocycles. The third-order valence-electron chi connectivity index (χ3n) is 4.88. The molecule has 146 valence electrons. The van der Waals surface area contributed by atoms with E-state index in [1.807, 2.05) is 0 Å². The summed E-state index contributed by atoms with van der Waals surface area (Å²) in [7, 11) is 0. The van der Waals surface area contributed by atoms with Gasteiger partial charge in [0.2, 0.25) is 0 Å². The smallest absolute Gasteiger partial charge is 0.192 e. The summed E-state index contributed by atoms with van der Waals surface area (Å²) in [6.45, 7) is 1.76. The molecule has 6 heteroatoms. The Morgan fingerprint density at radius 3 is 2.07 bits per heavy atom. The Hall–Kier alpha value is -3.41. The van der Waals surface area contributed by atoms with Crippen molar-refractivity contribution in [2.45, 2.75) is 19.3 Å². The minimum absolute atomic E-state index is 0.155. The van der Waals surface area contributed by atoms with Gasteiger partial charge in [-0.15, -0.1) is 0 Å². The molecule has 2 unspecified atom stereocenters. The predicted octanol–water partition coefficient (Wildman–Crippen LogP) is 5.77. The number of hydrogen-bond donors (Lipinski definition) is 1. The molecule has 29 heavy (non-hydrogen) atoms. The summed E-state index contributed by atoms with van der Waals surface area (Å²) in [5.41, 5.74) is 3.04. The minimum atomic E-state index is -2.07. The van der Waals surface area contributed by atoms with E-state index in [2.05, 4.69) is 9.97 Å². The molecule has 0 spiro atoms. The Kier molecular flexibility index (Phi) is 4.92. The standard InChI is InChI=1S/C23H17F3N2O/c1-13-27-11-17(12-28-13)18-7-6-16(10-20(18)24)14-2-4-15(5-3-14)19-8-9-21(29)23(26)22(19)25/h2-12,22-23,29H,1H3. The number of rotatable bonds is 3. The first-order valence-corrected chi connectivity index (χ1v) is 9.02. The lowest BCUT2D eigenvalue weighted by molar-refractivity contribution is 0.181. The van der Waals surface area contributed by atoms with Gasteiger partial charge in [-0.2, -0.15) is 0 Å². The maximum absolute atomic E-state index is 14.6. The average molecular weight is 394 g/mol. The largest absolute Gasteiger partial charge is 0.509 e. The van der Waals surface area contributed by atoms with Crippen molar-refractivity contribution in [3.63, 3.8) is 0 Å². The Morgan fingerprint density at radius 1 is 0.793 bits per heavy atom. The summed E-state index contributed by atoms with van der Waals surface area (Å²) in [6, 6.07) is 11.6. The van der Waals surface area contributed by atoms with Crippen LogP contribution >= 0.6 is 0 Å². The molecule has 0 bridgehead atoms. The molecule has 4 rings (SSSR count). The zero-order chi connectivity index (χ0) is 20.5. The number of alkyl halides is 2. The lowest BCUT2D eigenvalue weighted by atomic mass is 9.92. The number of halogens is 3. The second-order valence-electron chi connectivity index (χ2n) is 6.81. The number of allylic oxidation sites excluding steroid dienone is 4. The SMILES string of the molecule is Cc1ncc(-c2ccc(-c3ccc(C4=CC=C(O)C(F)C4F)cc3)cc2F)cn1. The number of aliphatic hydroxyl groups is 1. The Bertz CT molecular complexity index is 1110. The number of nitrogens with zero attached hydrogens (tertiary/aromatic N) is 2. The van der Waals surface area contributed by atoms with Gasteiger partial charge >= 0.3 is 0 Å². The average Bonchev–Trinajstić information content (AvgIpc) is 2.73. The summed E-state index contributed by atoms with van der Waals surface area (Å²) in [5.74, 6) is -0.412. The van der Waals surface area contributed by atoms with Crippen LogP contribution in [0.3, 0.4) is 0 Å². The fourth-order valence-electron chi connectivity index (χ4n) is 3.24. The van der Waals surface area contributed by atoms with Crippen LogP contribution < -0.4 is 0 Å². The van der Waals surface area contributed by atoms with Crippen LogP contribution in [-0.4, -0.2) is 27.4 Å². The van der Waals surface area contributed by atoms with Crippen LogP contribution in [0.4, 0.5) is 13.2 Å². The fraction of sp³-hybridized carbons (Fsp3) is 0.130. The Labute approximate surface area is 165 Å². The predicted molar refractivity (Wildman–Crippen MR) is 106 cm³/mol. The van der Waals surface area contributed by atoms with Gasteiger partial charge < -0.3 is 5.11 Å². The van der Waals surface area contributed by atoms with Crippen molar-refractivity contribution in [1.82, 2.24) is 9.97 Å². The van der Waals surface area contributed by atoms with Crippen molar-refractivity contribution in [1.29, 1.82) is 0 Å². The highest BCUT2D eigenvalue weighted by atomic mass is 19.2. The van der Waals surface area contributed by atoms with Crippen LogP contribution in [0, 0.1) is 12.7 Å². The van der Waals surface area contributed by atoms with Gasteiger partial charge in [0.05, 0.1) is 0 Å². The molecule has 0 fully saturated rings. The van der Waals surface area contributed by atoms with E-state index < -0.39 is 23.9 Å². The number of benzene rings is 2. The number of aryl methyl sites for hydroxylation is 1. The zero-order valence-corrected chi connectivity index (χ0v) is 15.5. The summed E-state index contributed by atoms with van der Waals surface area (Å²) >= 11 is 0. The van der Waals surface area contributed by atoms with Crippen LogP contribution in [0.2, 0.25) is 0 Å². The van der Waals surface area contributed by atoms with Gasteiger partial charge in [-0.05, 0) is 41.3 Å². The molecule has 1 aliphatic carbocycles. The summed E-state index contributed by atoms with van der Waals surface area (Å²) in [6.07, 6.45) is 1.67. The maximum atomic E-state index is 14.6. The molecule has 2 atom stereocenters. The van der Waals surface area contributed by atoms with E-state index in [4.69, 9.17) is 0 Å². The van der Waals surface area contributed by atoms with E-state index in [9.17, 15) is 18.3 Å². The topological polar surface area (TPSA) is 46.0 Å². The van der Waals surface area contributed by atoms with E-state index in [1.54, 1.807) is 55.7 Å². The van der Waals surface area contributed by atoms with Gasteiger partial charge in [0.1, 0.15) is 17.4 Å². The van der Waals surface area contributed by atoms with Crippen LogP contribution in [0.15, 0.2) is 72.8 Å². The molecular formula is C23H17F3N2O. The molecule has 3 aromatic rings. The minimum Gasteiger partial charge on any atom is -0.509 e. The molecule has 0 amide bonds. The lowest BCUT2D eigenvalue weighted by Crippen LogP contribution is -2.23. The fourth-order valence-corrected chi connectivity index (χ4v) is 3.24. The first-order chi connectivity index (χ1) is 13.9. The molecule has 3 nitrogen and oxygen atoms in total. The molecule has 1 aliphatic rings. The Morgan fingerprint density at radius 2 is 1.41 bits per heavy atom. The first-order valence-electron chi connectivity index (χ1n) is 9.02. The van der Waals surface area contributed by atoms with Gasteiger partial charge in [-0.3, -0.25) is 0 Å². The molecule has 1 heterocycles. The zero-order valence-electron chi connectivity index (χ0n) is 15.5. The highest BCUT2D eigenvalue weighted by Crippen LogP contribution is 2.33. The van der Waals surface area contributed by atoms with Gasteiger partial charge in [0.25, 0.3) is 0 Å². The van der Waals surface area contributed by atoms with E-state index >= 15 is 0 Å². The summed E-state index contributed by atoms with van der Waals surface area (Å²) in [5, 5.41) is 9.31. The first kappa shape index (κ1) is 18.9. The summed E-state index contributed by atoms with van der Waals surface area (Å²) in [4.78, 5) is 8.17. The highest BCUT2D eigenvalue weighted by molar-refractivity contribution is 5.76. The molecule has 1 aromatic heterocycles. The highest BCUT2D eigenvalue weighted by Gasteiger charge is 2.31. The molecule has 0 saturated heterocycles. The molecule has 0 saturated carbocycles. The molecular weight excluding hydrogens is 377 g/mol. The molecule has 2 aromatic carbocycles. The van der Waals surface area contributed by atoms with Gasteiger partial charge in [0.15, 0.2) is 12.3 Å². The van der Waals surface area contributed by atoms with Gasteiger partial charge in [0, 0.05) is 23.5 Å². The second-order valence-corrected chi connectivity index (χ2v) is 6.81. The van der Waals surface area contributed by atoms with Crippen LogP contribution in [-0.2, 0) is 0 Å². The number of hydrogen-bond acceptors (Lipinski definition) is 3. The van der Waals surface area contributed by atoms with Crippen molar-refractivity contribution < 1.29 is 18.3 Å². The Balaban J connectivity index is 1.61. The number of aliphatic hydroxyl groups excluding tert-OH is 1.